The Morgan fingerprint density at radius 3 is 2.78 bits per heavy atom. The van der Waals surface area contributed by atoms with E-state index in [9.17, 15) is 0 Å². The topological polar surface area (TPSA) is 53.0 Å². The van der Waals surface area contributed by atoms with Gasteiger partial charge in [-0.15, -0.1) is 0 Å². The Kier molecular flexibility index (Phi) is 1.52. The van der Waals surface area contributed by atoms with Crippen molar-refractivity contribution in [2.75, 3.05) is 0 Å². The summed E-state index contributed by atoms with van der Waals surface area (Å²) in [5.41, 5.74) is 0. The van der Waals surface area contributed by atoms with Gasteiger partial charge in [-0.25, -0.2) is 5.84 Å². The first-order valence-electron chi connectivity index (χ1n) is 2.62. The first-order valence-corrected chi connectivity index (χ1v) is 2.62. The van der Waals surface area contributed by atoms with Crippen LogP contribution >= 0.6 is 0 Å². The highest BCUT2D eigenvalue weighted by molar-refractivity contribution is 5.18. The summed E-state index contributed by atoms with van der Waals surface area (Å²) in [6.45, 7) is 0. The molecule has 46 valence electrons. The van der Waals surface area contributed by atoms with Crippen molar-refractivity contribution in [2.24, 2.45) is 5.84 Å². The van der Waals surface area contributed by atoms with Crippen LogP contribution < -0.4 is 5.84 Å². The summed E-state index contributed by atoms with van der Waals surface area (Å²) in [6, 6.07) is 1.72. The molecule has 0 aromatic rings. The molecule has 9 heavy (non-hydrogen) atoms. The lowest BCUT2D eigenvalue weighted by molar-refractivity contribution is 0.378. The standard InChI is InChI=1S/C6H7N3/c7-5-6-3-1-2-4-9(6)8/h1-4,6H,8H2. The summed E-state index contributed by atoms with van der Waals surface area (Å²) in [7, 11) is 0. The van der Waals surface area contributed by atoms with Crippen LogP contribution in [0.4, 0.5) is 0 Å². The molecule has 3 heteroatoms. The molecule has 1 atom stereocenters. The fraction of sp³-hybridized carbons (Fsp3) is 0.167. The summed E-state index contributed by atoms with van der Waals surface area (Å²) < 4.78 is 0. The van der Waals surface area contributed by atoms with Crippen LogP contribution in [-0.4, -0.2) is 11.1 Å². The van der Waals surface area contributed by atoms with Gasteiger partial charge in [0, 0.05) is 6.20 Å². The van der Waals surface area contributed by atoms with Gasteiger partial charge in [0.1, 0.15) is 6.04 Å². The number of hydrogen-bond acceptors (Lipinski definition) is 3. The lowest BCUT2D eigenvalue weighted by atomic mass is 10.2. The van der Waals surface area contributed by atoms with Crippen molar-refractivity contribution in [3.8, 4) is 6.07 Å². The third kappa shape index (κ3) is 1.09. The second-order valence-corrected chi connectivity index (χ2v) is 1.75. The predicted octanol–water partition coefficient (Wildman–Crippen LogP) is 0.138. The Bertz CT molecular complexity index is 187. The first kappa shape index (κ1) is 5.86. The maximum atomic E-state index is 8.40. The Morgan fingerprint density at radius 2 is 2.33 bits per heavy atom. The van der Waals surface area contributed by atoms with E-state index in [1.165, 1.54) is 5.01 Å². The fourth-order valence-electron chi connectivity index (χ4n) is 0.620. The molecule has 1 rings (SSSR count). The van der Waals surface area contributed by atoms with E-state index in [-0.39, 0.29) is 6.04 Å². The molecule has 1 unspecified atom stereocenters. The van der Waals surface area contributed by atoms with E-state index in [2.05, 4.69) is 0 Å². The summed E-state index contributed by atoms with van der Waals surface area (Å²) >= 11 is 0. The average molecular weight is 121 g/mol. The van der Waals surface area contributed by atoms with E-state index in [4.69, 9.17) is 11.1 Å². The molecule has 0 amide bonds. The lowest BCUT2D eigenvalue weighted by Gasteiger charge is -2.18. The van der Waals surface area contributed by atoms with Crippen LogP contribution in [0.1, 0.15) is 0 Å². The Labute approximate surface area is 53.6 Å². The van der Waals surface area contributed by atoms with Crippen LogP contribution in [0.3, 0.4) is 0 Å². The summed E-state index contributed by atoms with van der Waals surface area (Å²) in [4.78, 5) is 0. The molecule has 0 aliphatic carbocycles. The zero-order chi connectivity index (χ0) is 6.69. The number of allylic oxidation sites excluding steroid dienone is 2. The van der Waals surface area contributed by atoms with Gasteiger partial charge >= 0.3 is 0 Å². The van der Waals surface area contributed by atoms with Crippen LogP contribution in [0.5, 0.6) is 0 Å². The van der Waals surface area contributed by atoms with Gasteiger partial charge in [-0.3, -0.25) is 5.01 Å². The molecule has 0 bridgehead atoms. The minimum absolute atomic E-state index is 0.296. The van der Waals surface area contributed by atoms with Crippen molar-refractivity contribution >= 4 is 0 Å². The van der Waals surface area contributed by atoms with E-state index in [0.29, 0.717) is 0 Å². The van der Waals surface area contributed by atoms with E-state index >= 15 is 0 Å². The SMILES string of the molecule is N#CC1C=CC=CN1N. The molecule has 0 fully saturated rings. The molecular formula is C6H7N3. The van der Waals surface area contributed by atoms with Crippen LogP contribution in [0.2, 0.25) is 0 Å². The van der Waals surface area contributed by atoms with Gasteiger partial charge in [0.05, 0.1) is 6.07 Å². The average Bonchev–Trinajstić information content (AvgIpc) is 1.89. The second-order valence-electron chi connectivity index (χ2n) is 1.75. The largest absolute Gasteiger partial charge is 0.297 e. The maximum absolute atomic E-state index is 8.40. The van der Waals surface area contributed by atoms with Crippen LogP contribution in [0, 0.1) is 11.3 Å². The molecule has 0 saturated carbocycles. The van der Waals surface area contributed by atoms with Crippen molar-refractivity contribution in [3.63, 3.8) is 0 Å². The molecule has 1 aliphatic rings. The highest BCUT2D eigenvalue weighted by Crippen LogP contribution is 2.00. The molecular weight excluding hydrogens is 114 g/mol. The van der Waals surface area contributed by atoms with Gasteiger partial charge < -0.3 is 0 Å². The molecule has 0 saturated heterocycles. The lowest BCUT2D eigenvalue weighted by Crippen LogP contribution is -2.35. The number of hydrazine groups is 1. The van der Waals surface area contributed by atoms with Crippen molar-refractivity contribution < 1.29 is 0 Å². The highest BCUT2D eigenvalue weighted by atomic mass is 15.4. The maximum Gasteiger partial charge on any atom is 0.149 e. The van der Waals surface area contributed by atoms with Gasteiger partial charge in [0.15, 0.2) is 0 Å². The van der Waals surface area contributed by atoms with Crippen LogP contribution in [0.25, 0.3) is 0 Å². The summed E-state index contributed by atoms with van der Waals surface area (Å²) in [5.74, 6) is 5.36. The second kappa shape index (κ2) is 2.33. The van der Waals surface area contributed by atoms with Crippen LogP contribution in [-0.2, 0) is 0 Å². The number of nitrogens with two attached hydrogens (primary N) is 1. The van der Waals surface area contributed by atoms with Gasteiger partial charge in [0.2, 0.25) is 0 Å². The number of nitriles is 1. The van der Waals surface area contributed by atoms with E-state index < -0.39 is 0 Å². The Morgan fingerprint density at radius 1 is 1.56 bits per heavy atom. The Hall–Kier alpha value is -1.27. The zero-order valence-electron chi connectivity index (χ0n) is 4.86. The normalized spacial score (nSPS) is 24.0. The zero-order valence-corrected chi connectivity index (χ0v) is 4.86. The van der Waals surface area contributed by atoms with Crippen molar-refractivity contribution in [1.82, 2.24) is 5.01 Å². The molecule has 0 spiro atoms. The summed E-state index contributed by atoms with van der Waals surface area (Å²) in [5, 5.41) is 9.77. The smallest absolute Gasteiger partial charge is 0.149 e. The molecule has 0 radical (unpaired) electrons. The number of nitrogens with zero attached hydrogens (tertiary/aromatic N) is 2. The summed E-state index contributed by atoms with van der Waals surface area (Å²) in [6.07, 6.45) is 6.99. The minimum Gasteiger partial charge on any atom is -0.297 e. The third-order valence-corrected chi connectivity index (χ3v) is 1.12. The van der Waals surface area contributed by atoms with E-state index in [1.807, 2.05) is 6.07 Å². The third-order valence-electron chi connectivity index (χ3n) is 1.12. The van der Waals surface area contributed by atoms with Crippen molar-refractivity contribution in [3.05, 3.63) is 24.4 Å². The highest BCUT2D eigenvalue weighted by Gasteiger charge is 2.07. The number of rotatable bonds is 0. The Balaban J connectivity index is 2.68. The first-order chi connectivity index (χ1) is 4.34. The van der Waals surface area contributed by atoms with Gasteiger partial charge in [0.25, 0.3) is 0 Å². The molecule has 1 aliphatic heterocycles. The molecule has 2 N–H and O–H groups in total. The van der Waals surface area contributed by atoms with Gasteiger partial charge in [-0.2, -0.15) is 5.26 Å². The van der Waals surface area contributed by atoms with Gasteiger partial charge in [-0.1, -0.05) is 6.08 Å². The van der Waals surface area contributed by atoms with Gasteiger partial charge in [-0.05, 0) is 12.2 Å². The monoisotopic (exact) mass is 121 g/mol. The van der Waals surface area contributed by atoms with E-state index in [1.54, 1.807) is 24.4 Å². The van der Waals surface area contributed by atoms with E-state index in [0.717, 1.165) is 0 Å². The molecule has 1 heterocycles. The molecule has 3 nitrogen and oxygen atoms in total. The van der Waals surface area contributed by atoms with Crippen molar-refractivity contribution in [2.45, 2.75) is 6.04 Å². The molecule has 0 aromatic carbocycles. The number of hydrogen-bond donors (Lipinski definition) is 1. The minimum atomic E-state index is -0.296. The van der Waals surface area contributed by atoms with Crippen LogP contribution in [0.15, 0.2) is 24.4 Å². The van der Waals surface area contributed by atoms with Crippen molar-refractivity contribution in [1.29, 1.82) is 5.26 Å². The predicted molar refractivity (Wildman–Crippen MR) is 33.7 cm³/mol. The quantitative estimate of drug-likeness (QED) is 0.464. The molecule has 0 aromatic heterocycles. The fourth-order valence-corrected chi connectivity index (χ4v) is 0.620.